The summed E-state index contributed by atoms with van der Waals surface area (Å²) in [5, 5.41) is 3.20. The van der Waals surface area contributed by atoms with E-state index in [1.165, 1.54) is 19.2 Å². The minimum absolute atomic E-state index is 0.129. The van der Waals surface area contributed by atoms with Crippen molar-refractivity contribution >= 4 is 11.8 Å². The summed E-state index contributed by atoms with van der Waals surface area (Å²) in [4.78, 5) is 27.6. The molecule has 0 radical (unpaired) electrons. The van der Waals surface area contributed by atoms with E-state index < -0.39 is 12.0 Å². The summed E-state index contributed by atoms with van der Waals surface area (Å²) >= 11 is 0. The number of hydrogen-bond acceptors (Lipinski definition) is 4. The van der Waals surface area contributed by atoms with Crippen molar-refractivity contribution in [3.63, 3.8) is 0 Å². The van der Waals surface area contributed by atoms with E-state index in [0.717, 1.165) is 5.56 Å². The second-order valence-corrected chi connectivity index (χ2v) is 6.14. The molecule has 1 aromatic heterocycles. The summed E-state index contributed by atoms with van der Waals surface area (Å²) in [5.41, 5.74) is 2.86. The van der Waals surface area contributed by atoms with Gasteiger partial charge in [0.05, 0.1) is 24.4 Å². The van der Waals surface area contributed by atoms with Crippen molar-refractivity contribution in [1.29, 1.82) is 0 Å². The van der Waals surface area contributed by atoms with E-state index in [2.05, 4.69) is 10.3 Å². The van der Waals surface area contributed by atoms with E-state index in [9.17, 15) is 14.0 Å². The summed E-state index contributed by atoms with van der Waals surface area (Å²) in [6.07, 6.45) is 0. The fraction of sp³-hybridized carbons (Fsp3) is 0.368. The van der Waals surface area contributed by atoms with Crippen LogP contribution >= 0.6 is 0 Å². The van der Waals surface area contributed by atoms with Crippen molar-refractivity contribution in [3.05, 3.63) is 58.2 Å². The topological polar surface area (TPSA) is 71.2 Å². The van der Waals surface area contributed by atoms with Crippen molar-refractivity contribution in [2.24, 2.45) is 0 Å². The van der Waals surface area contributed by atoms with Crippen LogP contribution in [-0.2, 0) is 4.74 Å². The first-order valence-electron chi connectivity index (χ1n) is 8.09. The number of methoxy groups -OCH3 is 1. The number of carbonyl (C=O) groups excluding carboxylic acids is 2. The molecule has 0 amide bonds. The Balaban J connectivity index is 2.17. The smallest absolute Gasteiger partial charge is 0.339 e. The molecule has 1 aromatic carbocycles. The van der Waals surface area contributed by atoms with Gasteiger partial charge in [0.2, 0.25) is 0 Å². The highest BCUT2D eigenvalue weighted by molar-refractivity contribution is 6.03. The summed E-state index contributed by atoms with van der Waals surface area (Å²) in [5.74, 6) is -0.914. The number of hydrogen-bond donors (Lipinski definition) is 2. The predicted octanol–water partition coefficient (Wildman–Crippen LogP) is 3.48. The molecule has 0 fully saturated rings. The molecule has 25 heavy (non-hydrogen) atoms. The number of rotatable bonds is 6. The molecule has 0 aliphatic rings. The predicted molar refractivity (Wildman–Crippen MR) is 93.3 cm³/mol. The zero-order valence-corrected chi connectivity index (χ0v) is 15.1. The minimum Gasteiger partial charge on any atom is -0.465 e. The molecule has 0 saturated heterocycles. The molecule has 2 aromatic rings. The molecule has 0 aliphatic carbocycles. The van der Waals surface area contributed by atoms with Crippen LogP contribution in [-0.4, -0.2) is 29.9 Å². The highest BCUT2D eigenvalue weighted by Gasteiger charge is 2.26. The third-order valence-corrected chi connectivity index (χ3v) is 4.34. The van der Waals surface area contributed by atoms with Crippen LogP contribution in [0.5, 0.6) is 0 Å². The Bertz CT molecular complexity index is 781. The van der Waals surface area contributed by atoms with E-state index >= 15 is 0 Å². The number of aryl methyl sites for hydroxylation is 1. The van der Waals surface area contributed by atoms with Gasteiger partial charge in [0, 0.05) is 11.7 Å². The first-order valence-corrected chi connectivity index (χ1v) is 8.09. The van der Waals surface area contributed by atoms with Gasteiger partial charge in [-0.25, -0.2) is 9.18 Å². The SMILES string of the molecule is COC(=O)c1c(C)[nH]c(C(=O)[C@@H](C)N[C@H](C)c2ccc(F)cc2)c1C. The van der Waals surface area contributed by atoms with Crippen LogP contribution in [0.1, 0.15) is 57.6 Å². The van der Waals surface area contributed by atoms with Gasteiger partial charge in [-0.3, -0.25) is 4.79 Å². The number of H-pyrrole nitrogens is 1. The number of nitrogens with one attached hydrogen (secondary N) is 2. The third kappa shape index (κ3) is 3.96. The lowest BCUT2D eigenvalue weighted by Crippen LogP contribution is -2.36. The van der Waals surface area contributed by atoms with Crippen molar-refractivity contribution in [2.45, 2.75) is 39.8 Å². The fourth-order valence-electron chi connectivity index (χ4n) is 2.92. The quantitative estimate of drug-likeness (QED) is 0.620. The molecule has 0 spiro atoms. The maximum Gasteiger partial charge on any atom is 0.339 e. The maximum atomic E-state index is 13.0. The van der Waals surface area contributed by atoms with Crippen LogP contribution in [0.3, 0.4) is 0 Å². The monoisotopic (exact) mass is 346 g/mol. The summed E-state index contributed by atoms with van der Waals surface area (Å²) in [6.45, 7) is 7.12. The van der Waals surface area contributed by atoms with E-state index in [1.54, 1.807) is 32.9 Å². The molecule has 6 heteroatoms. The summed E-state index contributed by atoms with van der Waals surface area (Å²) in [7, 11) is 1.31. The van der Waals surface area contributed by atoms with E-state index in [4.69, 9.17) is 4.74 Å². The fourth-order valence-corrected chi connectivity index (χ4v) is 2.92. The Morgan fingerprint density at radius 3 is 2.32 bits per heavy atom. The zero-order chi connectivity index (χ0) is 18.7. The summed E-state index contributed by atoms with van der Waals surface area (Å²) < 4.78 is 17.8. The molecule has 0 bridgehead atoms. The molecule has 0 unspecified atom stereocenters. The van der Waals surface area contributed by atoms with Crippen LogP contribution in [0.4, 0.5) is 4.39 Å². The average molecular weight is 346 g/mol. The van der Waals surface area contributed by atoms with Crippen LogP contribution in [0, 0.1) is 19.7 Å². The number of esters is 1. The number of aromatic amines is 1. The zero-order valence-electron chi connectivity index (χ0n) is 15.1. The summed E-state index contributed by atoms with van der Waals surface area (Å²) in [6, 6.07) is 5.54. The Morgan fingerprint density at radius 1 is 1.16 bits per heavy atom. The molecular weight excluding hydrogens is 323 g/mol. The Labute approximate surface area is 146 Å². The molecule has 134 valence electrons. The number of carbonyl (C=O) groups is 2. The Kier molecular flexibility index (Phi) is 5.74. The second-order valence-electron chi connectivity index (χ2n) is 6.14. The highest BCUT2D eigenvalue weighted by atomic mass is 19.1. The van der Waals surface area contributed by atoms with Gasteiger partial charge in [-0.15, -0.1) is 0 Å². The van der Waals surface area contributed by atoms with Crippen molar-refractivity contribution in [2.75, 3.05) is 7.11 Å². The van der Waals surface area contributed by atoms with Crippen molar-refractivity contribution in [3.8, 4) is 0 Å². The Morgan fingerprint density at radius 2 is 1.76 bits per heavy atom. The third-order valence-electron chi connectivity index (χ3n) is 4.34. The molecule has 0 aliphatic heterocycles. The van der Waals surface area contributed by atoms with Gasteiger partial charge in [-0.1, -0.05) is 12.1 Å². The van der Waals surface area contributed by atoms with Crippen LogP contribution in [0.25, 0.3) is 0 Å². The van der Waals surface area contributed by atoms with Gasteiger partial charge in [-0.2, -0.15) is 0 Å². The lowest BCUT2D eigenvalue weighted by atomic mass is 10.0. The van der Waals surface area contributed by atoms with Crippen LogP contribution in [0.15, 0.2) is 24.3 Å². The number of ether oxygens (including phenoxy) is 1. The van der Waals surface area contributed by atoms with E-state index in [-0.39, 0.29) is 17.6 Å². The Hall–Kier alpha value is -2.47. The number of Topliss-reactive ketones (excluding diaryl/α,β-unsaturated/α-hetero) is 1. The molecule has 2 N–H and O–H groups in total. The van der Waals surface area contributed by atoms with Gasteiger partial charge < -0.3 is 15.0 Å². The minimum atomic E-state index is -0.484. The first-order chi connectivity index (χ1) is 11.8. The van der Waals surface area contributed by atoms with Crippen LogP contribution in [0.2, 0.25) is 0 Å². The van der Waals surface area contributed by atoms with Gasteiger partial charge in [0.25, 0.3) is 0 Å². The second kappa shape index (κ2) is 7.61. The first kappa shape index (κ1) is 18.9. The lowest BCUT2D eigenvalue weighted by molar-refractivity contribution is 0.0599. The van der Waals surface area contributed by atoms with Gasteiger partial charge in [0.1, 0.15) is 5.82 Å². The maximum absolute atomic E-state index is 13.0. The number of ketones is 1. The molecule has 5 nitrogen and oxygen atoms in total. The molecular formula is C19H23FN2O3. The van der Waals surface area contributed by atoms with Crippen molar-refractivity contribution < 1.29 is 18.7 Å². The van der Waals surface area contributed by atoms with Gasteiger partial charge in [-0.05, 0) is 51.0 Å². The molecule has 2 atom stereocenters. The van der Waals surface area contributed by atoms with Crippen LogP contribution < -0.4 is 5.32 Å². The molecule has 1 heterocycles. The van der Waals surface area contributed by atoms with E-state index in [1.807, 2.05) is 6.92 Å². The largest absolute Gasteiger partial charge is 0.465 e. The lowest BCUT2D eigenvalue weighted by Gasteiger charge is -2.19. The normalized spacial score (nSPS) is 13.4. The standard InChI is InChI=1S/C19H23FN2O3/c1-10-16(19(24)25-5)12(3)22-17(10)18(23)13(4)21-11(2)14-6-8-15(20)9-7-14/h6-9,11,13,21-22H,1-5H3/t11-,13-/m1/s1. The number of benzene rings is 1. The molecule has 0 saturated carbocycles. The van der Waals surface area contributed by atoms with E-state index in [0.29, 0.717) is 22.5 Å². The number of aromatic nitrogens is 1. The van der Waals surface area contributed by atoms with Gasteiger partial charge >= 0.3 is 5.97 Å². The average Bonchev–Trinajstić information content (AvgIpc) is 2.88. The van der Waals surface area contributed by atoms with Crippen molar-refractivity contribution in [1.82, 2.24) is 10.3 Å². The number of halogens is 1. The molecule has 2 rings (SSSR count). The van der Waals surface area contributed by atoms with Gasteiger partial charge in [0.15, 0.2) is 5.78 Å². The highest BCUT2D eigenvalue weighted by Crippen LogP contribution is 2.21.